The van der Waals surface area contributed by atoms with E-state index in [0.29, 0.717) is 6.54 Å². The summed E-state index contributed by atoms with van der Waals surface area (Å²) in [6, 6.07) is -0.0907. The van der Waals surface area contributed by atoms with Crippen LogP contribution in [0.15, 0.2) is 12.4 Å². The predicted octanol–water partition coefficient (Wildman–Crippen LogP) is 0.767. The molecule has 0 radical (unpaired) electrons. The van der Waals surface area contributed by atoms with Crippen molar-refractivity contribution < 1.29 is 4.79 Å². The molecule has 2 amide bonds. The Labute approximate surface area is 95.4 Å². The number of carbonyl (C=O) groups is 1. The van der Waals surface area contributed by atoms with E-state index in [1.807, 2.05) is 0 Å². The summed E-state index contributed by atoms with van der Waals surface area (Å²) in [7, 11) is 0. The average Bonchev–Trinajstić information content (AvgIpc) is 2.78. The van der Waals surface area contributed by atoms with Gasteiger partial charge < -0.3 is 10.6 Å². The van der Waals surface area contributed by atoms with Crippen LogP contribution in [-0.2, 0) is 6.54 Å². The van der Waals surface area contributed by atoms with Crippen LogP contribution in [0.3, 0.4) is 0 Å². The normalized spacial score (nSPS) is 10.1. The number of rotatable bonds is 7. The van der Waals surface area contributed by atoms with Gasteiger partial charge in [-0.05, 0) is 12.8 Å². The van der Waals surface area contributed by atoms with Gasteiger partial charge in [0.2, 0.25) is 0 Å². The van der Waals surface area contributed by atoms with Gasteiger partial charge in [0.1, 0.15) is 0 Å². The Hall–Kier alpha value is -1.59. The van der Waals surface area contributed by atoms with E-state index in [2.05, 4.69) is 27.9 Å². The van der Waals surface area contributed by atoms with Gasteiger partial charge in [-0.25, -0.2) is 4.79 Å². The van der Waals surface area contributed by atoms with Crippen molar-refractivity contribution in [3.63, 3.8) is 0 Å². The van der Waals surface area contributed by atoms with E-state index in [-0.39, 0.29) is 6.03 Å². The first-order valence-electron chi connectivity index (χ1n) is 5.68. The van der Waals surface area contributed by atoms with Gasteiger partial charge in [-0.15, -0.1) is 5.10 Å². The minimum Gasteiger partial charge on any atom is -0.338 e. The molecular formula is C10H19N5O. The number of unbranched alkanes of at least 4 members (excludes halogenated alkanes) is 1. The largest absolute Gasteiger partial charge is 0.338 e. The lowest BCUT2D eigenvalue weighted by Gasteiger charge is -2.06. The quantitative estimate of drug-likeness (QED) is 0.673. The van der Waals surface area contributed by atoms with E-state index in [0.717, 1.165) is 32.4 Å². The summed E-state index contributed by atoms with van der Waals surface area (Å²) in [5.74, 6) is 0. The molecule has 0 unspecified atom stereocenters. The fraction of sp³-hybridized carbons (Fsp3) is 0.700. The molecule has 6 nitrogen and oxygen atoms in total. The Bertz CT molecular complexity index is 285. The van der Waals surface area contributed by atoms with Crippen LogP contribution in [-0.4, -0.2) is 34.1 Å². The number of hydrogen-bond donors (Lipinski definition) is 2. The van der Waals surface area contributed by atoms with Crippen molar-refractivity contribution in [1.29, 1.82) is 0 Å². The Morgan fingerprint density at radius 1 is 1.31 bits per heavy atom. The fourth-order valence-electron chi connectivity index (χ4n) is 1.24. The first-order chi connectivity index (χ1) is 7.83. The monoisotopic (exact) mass is 225 g/mol. The van der Waals surface area contributed by atoms with E-state index in [4.69, 9.17) is 0 Å². The molecule has 1 heterocycles. The third-order valence-corrected chi connectivity index (χ3v) is 2.14. The number of hydrogen-bond acceptors (Lipinski definition) is 3. The zero-order valence-corrected chi connectivity index (χ0v) is 9.65. The van der Waals surface area contributed by atoms with E-state index < -0.39 is 0 Å². The molecule has 0 aliphatic heterocycles. The lowest BCUT2D eigenvalue weighted by Crippen LogP contribution is -2.36. The number of amides is 2. The van der Waals surface area contributed by atoms with Crippen LogP contribution in [0.4, 0.5) is 4.79 Å². The number of nitrogens with one attached hydrogen (secondary N) is 2. The molecule has 0 aliphatic carbocycles. The average molecular weight is 225 g/mol. The Morgan fingerprint density at radius 3 is 2.69 bits per heavy atom. The molecule has 0 fully saturated rings. The van der Waals surface area contributed by atoms with Crippen LogP contribution in [0.25, 0.3) is 0 Å². The number of nitrogens with zero attached hydrogens (tertiary/aromatic N) is 3. The first kappa shape index (κ1) is 12.5. The summed E-state index contributed by atoms with van der Waals surface area (Å²) >= 11 is 0. The summed E-state index contributed by atoms with van der Waals surface area (Å²) in [6.07, 6.45) is 6.41. The van der Waals surface area contributed by atoms with E-state index >= 15 is 0 Å². The summed E-state index contributed by atoms with van der Waals surface area (Å²) in [5.41, 5.74) is 0. The molecule has 0 bridgehead atoms. The van der Waals surface area contributed by atoms with Gasteiger partial charge in [-0.2, -0.15) is 0 Å². The van der Waals surface area contributed by atoms with Crippen LogP contribution >= 0.6 is 0 Å². The van der Waals surface area contributed by atoms with Crippen molar-refractivity contribution in [2.24, 2.45) is 0 Å². The smallest absolute Gasteiger partial charge is 0.314 e. The van der Waals surface area contributed by atoms with Crippen molar-refractivity contribution in [2.75, 3.05) is 13.1 Å². The molecule has 0 saturated heterocycles. The van der Waals surface area contributed by atoms with Crippen molar-refractivity contribution in [3.05, 3.63) is 12.4 Å². The first-order valence-corrected chi connectivity index (χ1v) is 5.68. The Kier molecular flexibility index (Phi) is 5.98. The Morgan fingerprint density at radius 2 is 2.06 bits per heavy atom. The Balaban J connectivity index is 1.96. The zero-order chi connectivity index (χ0) is 11.6. The molecule has 0 spiro atoms. The summed E-state index contributed by atoms with van der Waals surface area (Å²) in [5, 5.41) is 13.1. The molecule has 6 heteroatoms. The third-order valence-electron chi connectivity index (χ3n) is 2.14. The maximum atomic E-state index is 11.2. The molecule has 0 aromatic carbocycles. The molecule has 2 N–H and O–H groups in total. The van der Waals surface area contributed by atoms with Crippen molar-refractivity contribution >= 4 is 6.03 Å². The maximum Gasteiger partial charge on any atom is 0.314 e. The minimum absolute atomic E-state index is 0.0907. The van der Waals surface area contributed by atoms with Crippen LogP contribution in [0.1, 0.15) is 26.2 Å². The maximum absolute atomic E-state index is 11.2. The van der Waals surface area contributed by atoms with Gasteiger partial charge >= 0.3 is 6.03 Å². The molecular weight excluding hydrogens is 206 g/mol. The molecule has 0 atom stereocenters. The van der Waals surface area contributed by atoms with Gasteiger partial charge in [0, 0.05) is 25.8 Å². The van der Waals surface area contributed by atoms with Crippen molar-refractivity contribution in [1.82, 2.24) is 25.6 Å². The van der Waals surface area contributed by atoms with Gasteiger partial charge in [-0.3, -0.25) is 4.68 Å². The minimum atomic E-state index is -0.0907. The lowest BCUT2D eigenvalue weighted by atomic mass is 10.3. The highest BCUT2D eigenvalue weighted by atomic mass is 16.2. The highest BCUT2D eigenvalue weighted by molar-refractivity contribution is 5.73. The van der Waals surface area contributed by atoms with Gasteiger partial charge in [0.05, 0.1) is 6.20 Å². The molecule has 90 valence electrons. The van der Waals surface area contributed by atoms with Crippen molar-refractivity contribution in [3.8, 4) is 0 Å². The van der Waals surface area contributed by atoms with E-state index in [1.54, 1.807) is 17.1 Å². The van der Waals surface area contributed by atoms with Gasteiger partial charge in [0.25, 0.3) is 0 Å². The number of aromatic nitrogens is 3. The number of carbonyl (C=O) groups excluding carboxylic acids is 1. The summed E-state index contributed by atoms with van der Waals surface area (Å²) in [6.45, 7) is 4.26. The summed E-state index contributed by atoms with van der Waals surface area (Å²) in [4.78, 5) is 11.2. The molecule has 1 aromatic heterocycles. The molecule has 16 heavy (non-hydrogen) atoms. The molecule has 1 rings (SSSR count). The third kappa shape index (κ3) is 5.33. The van der Waals surface area contributed by atoms with E-state index in [1.165, 1.54) is 0 Å². The topological polar surface area (TPSA) is 71.8 Å². The zero-order valence-electron chi connectivity index (χ0n) is 9.65. The molecule has 0 saturated carbocycles. The lowest BCUT2D eigenvalue weighted by molar-refractivity contribution is 0.240. The van der Waals surface area contributed by atoms with Crippen LogP contribution in [0.5, 0.6) is 0 Å². The number of aryl methyl sites for hydroxylation is 1. The second-order valence-electron chi connectivity index (χ2n) is 3.56. The predicted molar refractivity (Wildman–Crippen MR) is 60.9 cm³/mol. The van der Waals surface area contributed by atoms with Crippen LogP contribution < -0.4 is 10.6 Å². The second-order valence-corrected chi connectivity index (χ2v) is 3.56. The molecule has 0 aliphatic rings. The highest BCUT2D eigenvalue weighted by Gasteiger charge is 1.98. The van der Waals surface area contributed by atoms with E-state index in [9.17, 15) is 4.79 Å². The van der Waals surface area contributed by atoms with Crippen LogP contribution in [0.2, 0.25) is 0 Å². The standard InChI is InChI=1S/C10H19N5O/c1-2-3-5-11-10(16)12-6-4-8-15-9-7-13-14-15/h7,9H,2-6,8H2,1H3,(H2,11,12,16). The van der Waals surface area contributed by atoms with Crippen LogP contribution in [0, 0.1) is 0 Å². The van der Waals surface area contributed by atoms with Gasteiger partial charge in [0.15, 0.2) is 0 Å². The van der Waals surface area contributed by atoms with Crippen molar-refractivity contribution in [2.45, 2.75) is 32.7 Å². The summed E-state index contributed by atoms with van der Waals surface area (Å²) < 4.78 is 1.75. The SMILES string of the molecule is CCCCNC(=O)NCCCn1ccnn1. The molecule has 1 aromatic rings. The van der Waals surface area contributed by atoms with Gasteiger partial charge in [-0.1, -0.05) is 18.6 Å². The highest BCUT2D eigenvalue weighted by Crippen LogP contribution is 1.86. The fourth-order valence-corrected chi connectivity index (χ4v) is 1.24. The second kappa shape index (κ2) is 7.67. The number of urea groups is 1.